The number of rotatable bonds is 3. The summed E-state index contributed by atoms with van der Waals surface area (Å²) in [6.45, 7) is 1.47. The van der Waals surface area contributed by atoms with E-state index in [4.69, 9.17) is 31.9 Å². The molecule has 6 nitrogen and oxygen atoms in total. The van der Waals surface area contributed by atoms with Crippen LogP contribution in [-0.2, 0) is 0 Å². The third-order valence-electron chi connectivity index (χ3n) is 1.37. The van der Waals surface area contributed by atoms with Crippen LogP contribution in [0.4, 0.5) is 0 Å². The Morgan fingerprint density at radius 3 is 1.64 bits per heavy atom. The van der Waals surface area contributed by atoms with E-state index in [0.717, 1.165) is 0 Å². The van der Waals surface area contributed by atoms with Gasteiger partial charge < -0.3 is 31.9 Å². The van der Waals surface area contributed by atoms with Gasteiger partial charge >= 0.3 is 5.97 Å². The summed E-state index contributed by atoms with van der Waals surface area (Å²) < 4.78 is 0. The molecule has 6 heteroatoms. The van der Waals surface area contributed by atoms with E-state index in [-0.39, 0.29) is 0 Å². The Morgan fingerprint density at radius 1 is 1.18 bits per heavy atom. The zero-order chi connectivity index (χ0) is 9.23. The van der Waals surface area contributed by atoms with E-state index in [0.29, 0.717) is 0 Å². The van der Waals surface area contributed by atoms with E-state index in [1.165, 1.54) is 6.92 Å². The molecule has 8 N–H and O–H groups in total. The summed E-state index contributed by atoms with van der Waals surface area (Å²) in [5, 5.41) is 34.2. The first-order chi connectivity index (χ1) is 4.76. The lowest BCUT2D eigenvalue weighted by molar-refractivity contribution is -0.357. The van der Waals surface area contributed by atoms with E-state index >= 15 is 0 Å². The summed E-state index contributed by atoms with van der Waals surface area (Å²) in [7, 11) is 0. The highest BCUT2D eigenvalue weighted by molar-refractivity contribution is 4.83. The first-order valence-corrected chi connectivity index (χ1v) is 3.13. The van der Waals surface area contributed by atoms with Crippen molar-refractivity contribution in [3.8, 4) is 0 Å². The molecule has 0 radical (unpaired) electrons. The first-order valence-electron chi connectivity index (χ1n) is 3.13. The summed E-state index contributed by atoms with van der Waals surface area (Å²) in [4.78, 5) is 0. The summed E-state index contributed by atoms with van der Waals surface area (Å²) >= 11 is 0. The number of nitrogens with two attached hydrogens (primary N) is 2. The van der Waals surface area contributed by atoms with Crippen LogP contribution in [0.3, 0.4) is 0 Å². The van der Waals surface area contributed by atoms with Crippen LogP contribution in [0.15, 0.2) is 0 Å². The predicted octanol–water partition coefficient (Wildman–Crippen LogP) is -3.35. The molecule has 0 fully saturated rings. The maximum Gasteiger partial charge on any atom is 0.304 e. The predicted molar refractivity (Wildman–Crippen MR) is 37.0 cm³/mol. The van der Waals surface area contributed by atoms with E-state index in [1.807, 2.05) is 0 Å². The van der Waals surface area contributed by atoms with Crippen LogP contribution in [0.5, 0.6) is 0 Å². The molecule has 0 aliphatic heterocycles. The second-order valence-electron chi connectivity index (χ2n) is 2.57. The van der Waals surface area contributed by atoms with Gasteiger partial charge in [-0.25, -0.2) is 0 Å². The Bertz CT molecular complexity index is 122. The quantitative estimate of drug-likeness (QED) is 0.243. The van der Waals surface area contributed by atoms with Crippen molar-refractivity contribution in [2.24, 2.45) is 11.5 Å². The van der Waals surface area contributed by atoms with Crippen molar-refractivity contribution in [2.45, 2.75) is 31.1 Å². The SMILES string of the molecule is CC(N)C(N)C(O)C(O)(O)O. The van der Waals surface area contributed by atoms with E-state index < -0.39 is 24.2 Å². The second-order valence-corrected chi connectivity index (χ2v) is 2.57. The molecule has 0 heterocycles. The van der Waals surface area contributed by atoms with Gasteiger partial charge in [-0.15, -0.1) is 0 Å². The summed E-state index contributed by atoms with van der Waals surface area (Å²) in [6.07, 6.45) is -1.87. The average molecular weight is 166 g/mol. The second kappa shape index (κ2) is 3.44. The van der Waals surface area contributed by atoms with Gasteiger partial charge in [-0.05, 0) is 6.92 Å². The van der Waals surface area contributed by atoms with E-state index in [2.05, 4.69) is 0 Å². The minimum Gasteiger partial charge on any atom is -0.383 e. The molecule has 0 aliphatic carbocycles. The normalized spacial score (nSPS) is 21.0. The van der Waals surface area contributed by atoms with Crippen LogP contribution >= 0.6 is 0 Å². The molecule has 0 amide bonds. The van der Waals surface area contributed by atoms with Gasteiger partial charge in [-0.1, -0.05) is 0 Å². The van der Waals surface area contributed by atoms with Gasteiger partial charge in [0.2, 0.25) is 0 Å². The van der Waals surface area contributed by atoms with Crippen molar-refractivity contribution < 1.29 is 20.4 Å². The van der Waals surface area contributed by atoms with Gasteiger partial charge in [0.15, 0.2) is 6.10 Å². The van der Waals surface area contributed by atoms with Gasteiger partial charge in [0.05, 0.1) is 6.04 Å². The van der Waals surface area contributed by atoms with Crippen LogP contribution in [-0.4, -0.2) is 44.6 Å². The van der Waals surface area contributed by atoms with E-state index in [1.54, 1.807) is 0 Å². The van der Waals surface area contributed by atoms with Crippen LogP contribution in [0.1, 0.15) is 6.92 Å². The lowest BCUT2D eigenvalue weighted by atomic mass is 10.0. The number of hydrogen-bond donors (Lipinski definition) is 6. The maximum atomic E-state index is 8.87. The van der Waals surface area contributed by atoms with Crippen LogP contribution in [0, 0.1) is 0 Å². The van der Waals surface area contributed by atoms with Gasteiger partial charge in [0.25, 0.3) is 0 Å². The monoisotopic (exact) mass is 166 g/mol. The van der Waals surface area contributed by atoms with Crippen LogP contribution in [0.25, 0.3) is 0 Å². The molecule has 11 heavy (non-hydrogen) atoms. The lowest BCUT2D eigenvalue weighted by Gasteiger charge is -2.28. The van der Waals surface area contributed by atoms with Crippen molar-refractivity contribution >= 4 is 0 Å². The zero-order valence-corrected chi connectivity index (χ0v) is 6.18. The third kappa shape index (κ3) is 3.10. The molecule has 0 aromatic heterocycles. The minimum atomic E-state index is -3.19. The van der Waals surface area contributed by atoms with Gasteiger partial charge in [-0.2, -0.15) is 0 Å². The molecular formula is C5H14N2O4. The standard InChI is InChI=1S/C5H14N2O4/c1-2(6)3(7)4(8)5(9,10)11/h2-4,8-11H,6-7H2,1H3. The minimum absolute atomic E-state index is 0.643. The summed E-state index contributed by atoms with van der Waals surface area (Å²) in [5.41, 5.74) is 10.4. The number of hydrogen-bond acceptors (Lipinski definition) is 6. The molecule has 68 valence electrons. The summed E-state index contributed by atoms with van der Waals surface area (Å²) in [5.74, 6) is -3.19. The molecule has 0 bridgehead atoms. The molecule has 3 atom stereocenters. The highest BCUT2D eigenvalue weighted by atomic mass is 16.7. The molecule has 0 rings (SSSR count). The Balaban J connectivity index is 4.13. The van der Waals surface area contributed by atoms with Crippen LogP contribution in [0.2, 0.25) is 0 Å². The Hall–Kier alpha value is -0.240. The van der Waals surface area contributed by atoms with Gasteiger partial charge in [0.1, 0.15) is 0 Å². The molecule has 0 aliphatic rings. The third-order valence-corrected chi connectivity index (χ3v) is 1.37. The Kier molecular flexibility index (Phi) is 3.36. The smallest absolute Gasteiger partial charge is 0.304 e. The van der Waals surface area contributed by atoms with Crippen molar-refractivity contribution in [3.05, 3.63) is 0 Å². The molecule has 0 spiro atoms. The topological polar surface area (TPSA) is 133 Å². The molecule has 0 saturated carbocycles. The fourth-order valence-electron chi connectivity index (χ4n) is 0.546. The summed E-state index contributed by atoms with van der Waals surface area (Å²) in [6, 6.07) is -1.73. The molecule has 0 aromatic carbocycles. The lowest BCUT2D eigenvalue weighted by Crippen LogP contribution is -2.58. The molecular weight excluding hydrogens is 152 g/mol. The fraction of sp³-hybridized carbons (Fsp3) is 1.00. The fourth-order valence-corrected chi connectivity index (χ4v) is 0.546. The van der Waals surface area contributed by atoms with E-state index in [9.17, 15) is 0 Å². The Morgan fingerprint density at radius 2 is 1.55 bits per heavy atom. The molecule has 3 unspecified atom stereocenters. The largest absolute Gasteiger partial charge is 0.383 e. The van der Waals surface area contributed by atoms with Gasteiger partial charge in [-0.3, -0.25) is 0 Å². The Labute approximate surface area is 64.1 Å². The highest BCUT2D eigenvalue weighted by Crippen LogP contribution is 2.06. The maximum absolute atomic E-state index is 8.87. The molecule has 0 aromatic rings. The van der Waals surface area contributed by atoms with Crippen molar-refractivity contribution in [3.63, 3.8) is 0 Å². The first kappa shape index (κ1) is 10.8. The van der Waals surface area contributed by atoms with Gasteiger partial charge in [0, 0.05) is 6.04 Å². The number of aliphatic hydroxyl groups excluding tert-OH is 1. The van der Waals surface area contributed by atoms with Crippen LogP contribution < -0.4 is 11.5 Å². The zero-order valence-electron chi connectivity index (χ0n) is 6.18. The highest BCUT2D eigenvalue weighted by Gasteiger charge is 2.36. The van der Waals surface area contributed by atoms with Crippen molar-refractivity contribution in [2.75, 3.05) is 0 Å². The van der Waals surface area contributed by atoms with Crippen molar-refractivity contribution in [1.82, 2.24) is 0 Å². The molecule has 0 saturated heterocycles. The van der Waals surface area contributed by atoms with Crippen molar-refractivity contribution in [1.29, 1.82) is 0 Å². The number of aliphatic hydroxyl groups is 4. The average Bonchev–Trinajstić information content (AvgIpc) is 1.82.